The lowest BCUT2D eigenvalue weighted by molar-refractivity contribution is -0.136. The van der Waals surface area contributed by atoms with Gasteiger partial charge in [0, 0.05) is 22.1 Å². The predicted molar refractivity (Wildman–Crippen MR) is 136 cm³/mol. The molecule has 0 unspecified atom stereocenters. The zero-order valence-electron chi connectivity index (χ0n) is 18.5. The molecule has 34 heavy (non-hydrogen) atoms. The molecule has 7 nitrogen and oxygen atoms in total. The zero-order valence-corrected chi connectivity index (χ0v) is 20.1. The normalized spacial score (nSPS) is 10.6. The summed E-state index contributed by atoms with van der Waals surface area (Å²) in [7, 11) is 0. The fourth-order valence-corrected chi connectivity index (χ4v) is 3.97. The summed E-state index contributed by atoms with van der Waals surface area (Å²) in [6, 6.07) is 24.1. The van der Waals surface area contributed by atoms with Gasteiger partial charge in [0.25, 0.3) is 5.91 Å². The van der Waals surface area contributed by atoms with Gasteiger partial charge in [-0.25, -0.2) is 4.68 Å². The van der Waals surface area contributed by atoms with Gasteiger partial charge in [0.15, 0.2) is 0 Å². The molecule has 0 fully saturated rings. The Balaban J connectivity index is 1.52. The van der Waals surface area contributed by atoms with E-state index in [9.17, 15) is 14.4 Å². The first-order chi connectivity index (χ1) is 16.4. The number of halogens is 1. The highest BCUT2D eigenvalue weighted by Gasteiger charge is 2.21. The summed E-state index contributed by atoms with van der Waals surface area (Å²) in [4.78, 5) is 38.2. The predicted octanol–water partition coefficient (Wildman–Crippen LogP) is 4.39. The molecule has 1 heterocycles. The molecule has 0 aliphatic rings. The van der Waals surface area contributed by atoms with Crippen LogP contribution in [0.1, 0.15) is 21.6 Å². The summed E-state index contributed by atoms with van der Waals surface area (Å²) in [5.74, 6) is -2.05. The fraction of sp³-hybridized carbons (Fsp3) is 0.115. The second kappa shape index (κ2) is 10.4. The molecule has 3 N–H and O–H groups in total. The third-order valence-electron chi connectivity index (χ3n) is 5.23. The number of hydrogen-bond donors (Lipinski definition) is 3. The Labute approximate surface area is 205 Å². The van der Waals surface area contributed by atoms with E-state index < -0.39 is 17.7 Å². The minimum Gasteiger partial charge on any atom is -0.347 e. The minimum absolute atomic E-state index is 0.194. The van der Waals surface area contributed by atoms with Crippen LogP contribution in [0.15, 0.2) is 83.3 Å². The molecule has 4 aromatic rings. The zero-order chi connectivity index (χ0) is 24.1. The van der Waals surface area contributed by atoms with Crippen molar-refractivity contribution in [3.63, 3.8) is 0 Å². The first-order valence-corrected chi connectivity index (χ1v) is 11.5. The number of anilines is 1. The fourth-order valence-electron chi connectivity index (χ4n) is 3.59. The molecule has 0 atom stereocenters. The largest absolute Gasteiger partial charge is 0.347 e. The number of rotatable bonds is 6. The van der Waals surface area contributed by atoms with Gasteiger partial charge < -0.3 is 10.6 Å². The van der Waals surface area contributed by atoms with Crippen LogP contribution in [0.4, 0.5) is 5.69 Å². The number of nitrogens with one attached hydrogen (secondary N) is 3. The maximum atomic E-state index is 13.1. The van der Waals surface area contributed by atoms with Gasteiger partial charge in [-0.2, -0.15) is 0 Å². The van der Waals surface area contributed by atoms with Gasteiger partial charge in [-0.15, -0.1) is 0 Å². The molecule has 0 saturated carbocycles. The first kappa shape index (κ1) is 23.3. The number of amides is 3. The number of carbonyl (C=O) groups is 3. The van der Waals surface area contributed by atoms with Gasteiger partial charge in [0.05, 0.1) is 5.52 Å². The Morgan fingerprint density at radius 1 is 0.882 bits per heavy atom. The second-order valence-corrected chi connectivity index (χ2v) is 8.74. The van der Waals surface area contributed by atoms with E-state index in [1.54, 1.807) is 24.3 Å². The molecular formula is C26H23BrN4O3. The number of fused-ring (bicyclic) bond motifs is 1. The van der Waals surface area contributed by atoms with Crippen molar-refractivity contribution in [2.75, 3.05) is 17.3 Å². The van der Waals surface area contributed by atoms with Crippen molar-refractivity contribution in [2.45, 2.75) is 13.3 Å². The molecule has 0 aliphatic carbocycles. The Morgan fingerprint density at radius 3 is 2.44 bits per heavy atom. The molecule has 3 amide bonds. The van der Waals surface area contributed by atoms with Crippen LogP contribution in [-0.4, -0.2) is 28.9 Å². The third kappa shape index (κ3) is 5.52. The first-order valence-electron chi connectivity index (χ1n) is 10.7. The van der Waals surface area contributed by atoms with E-state index in [2.05, 4.69) is 32.0 Å². The van der Waals surface area contributed by atoms with Crippen LogP contribution in [0.25, 0.3) is 10.9 Å². The lowest BCUT2D eigenvalue weighted by Gasteiger charge is -2.13. The minimum atomic E-state index is -0.863. The van der Waals surface area contributed by atoms with Gasteiger partial charge in [0.2, 0.25) is 0 Å². The number of aromatic nitrogens is 1. The van der Waals surface area contributed by atoms with Crippen molar-refractivity contribution in [3.05, 3.63) is 100 Å². The van der Waals surface area contributed by atoms with Crippen molar-refractivity contribution in [1.82, 2.24) is 9.99 Å². The maximum absolute atomic E-state index is 13.1. The van der Waals surface area contributed by atoms with E-state index in [-0.39, 0.29) is 5.69 Å². The highest BCUT2D eigenvalue weighted by atomic mass is 79.9. The molecule has 0 radical (unpaired) electrons. The van der Waals surface area contributed by atoms with E-state index in [1.807, 2.05) is 61.5 Å². The van der Waals surface area contributed by atoms with Gasteiger partial charge in [-0.05, 0) is 60.9 Å². The quantitative estimate of drug-likeness (QED) is 0.330. The Bertz CT molecular complexity index is 1370. The summed E-state index contributed by atoms with van der Waals surface area (Å²) in [5.41, 5.74) is 6.04. The van der Waals surface area contributed by atoms with Gasteiger partial charge in [-0.3, -0.25) is 19.8 Å². The molecule has 0 bridgehead atoms. The highest BCUT2D eigenvalue weighted by Crippen LogP contribution is 2.24. The number of carbonyl (C=O) groups excluding carboxylic acids is 3. The van der Waals surface area contributed by atoms with Crippen molar-refractivity contribution in [3.8, 4) is 0 Å². The van der Waals surface area contributed by atoms with E-state index in [0.717, 1.165) is 21.0 Å². The SMILES string of the molecule is Cc1cccc(NC(=O)c2cc3cc(Br)ccc3n2NC(=O)C(=O)NCCc2ccccc2)c1. The lowest BCUT2D eigenvalue weighted by atomic mass is 10.1. The van der Waals surface area contributed by atoms with Crippen LogP contribution in [0, 0.1) is 6.92 Å². The van der Waals surface area contributed by atoms with Crippen molar-refractivity contribution >= 4 is 50.2 Å². The number of aryl methyl sites for hydroxylation is 1. The average molecular weight is 519 g/mol. The molecule has 8 heteroatoms. The van der Waals surface area contributed by atoms with E-state index in [0.29, 0.717) is 24.2 Å². The molecule has 1 aromatic heterocycles. The smallest absolute Gasteiger partial charge is 0.328 e. The summed E-state index contributed by atoms with van der Waals surface area (Å²) in [6.45, 7) is 2.25. The van der Waals surface area contributed by atoms with Crippen LogP contribution in [-0.2, 0) is 16.0 Å². The van der Waals surface area contributed by atoms with Gasteiger partial charge >= 0.3 is 11.8 Å². The molecule has 0 aliphatic heterocycles. The van der Waals surface area contributed by atoms with Crippen LogP contribution >= 0.6 is 15.9 Å². The van der Waals surface area contributed by atoms with Crippen molar-refractivity contribution in [1.29, 1.82) is 0 Å². The van der Waals surface area contributed by atoms with Crippen LogP contribution in [0.5, 0.6) is 0 Å². The lowest BCUT2D eigenvalue weighted by Crippen LogP contribution is -2.40. The van der Waals surface area contributed by atoms with E-state index in [1.165, 1.54) is 4.68 Å². The van der Waals surface area contributed by atoms with Crippen molar-refractivity contribution in [2.24, 2.45) is 0 Å². The number of hydrogen-bond acceptors (Lipinski definition) is 3. The maximum Gasteiger partial charge on any atom is 0.328 e. The van der Waals surface area contributed by atoms with Crippen LogP contribution in [0.3, 0.4) is 0 Å². The number of benzene rings is 3. The number of nitrogens with zero attached hydrogens (tertiary/aromatic N) is 1. The van der Waals surface area contributed by atoms with Crippen LogP contribution < -0.4 is 16.1 Å². The van der Waals surface area contributed by atoms with Gasteiger partial charge in [-0.1, -0.05) is 58.4 Å². The molecule has 172 valence electrons. The van der Waals surface area contributed by atoms with Crippen molar-refractivity contribution < 1.29 is 14.4 Å². The van der Waals surface area contributed by atoms with E-state index in [4.69, 9.17) is 0 Å². The van der Waals surface area contributed by atoms with Gasteiger partial charge in [0.1, 0.15) is 5.69 Å². The monoisotopic (exact) mass is 518 g/mol. The Morgan fingerprint density at radius 2 is 1.68 bits per heavy atom. The second-order valence-electron chi connectivity index (χ2n) is 7.82. The molecule has 3 aromatic carbocycles. The van der Waals surface area contributed by atoms with Crippen LogP contribution in [0.2, 0.25) is 0 Å². The molecular weight excluding hydrogens is 496 g/mol. The Kier molecular flexibility index (Phi) is 7.08. The summed E-state index contributed by atoms with van der Waals surface area (Å²) < 4.78 is 2.17. The Hall–Kier alpha value is -3.91. The summed E-state index contributed by atoms with van der Waals surface area (Å²) >= 11 is 3.43. The average Bonchev–Trinajstić information content (AvgIpc) is 3.17. The molecule has 4 rings (SSSR count). The summed E-state index contributed by atoms with van der Waals surface area (Å²) in [5, 5.41) is 6.20. The van der Waals surface area contributed by atoms with E-state index >= 15 is 0 Å². The standard InChI is InChI=1S/C26H23BrN4O3/c1-17-6-5-9-21(14-17)29-24(32)23-16-19-15-20(27)10-11-22(19)31(23)30-26(34)25(33)28-13-12-18-7-3-2-4-8-18/h2-11,14-16H,12-13H2,1H3,(H,28,33)(H,29,32)(H,30,34). The summed E-state index contributed by atoms with van der Waals surface area (Å²) in [6.07, 6.45) is 0.602. The highest BCUT2D eigenvalue weighted by molar-refractivity contribution is 9.10. The molecule has 0 spiro atoms. The molecule has 0 saturated heterocycles. The third-order valence-corrected chi connectivity index (χ3v) is 5.73. The topological polar surface area (TPSA) is 92.2 Å².